The van der Waals surface area contributed by atoms with Gasteiger partial charge >= 0.3 is 12.1 Å². The summed E-state index contributed by atoms with van der Waals surface area (Å²) in [6.07, 6.45) is 0.592. The number of aryl methyl sites for hydroxylation is 1. The second-order valence-corrected chi connectivity index (χ2v) is 5.65. The molecule has 0 atom stereocenters. The van der Waals surface area contributed by atoms with Crippen LogP contribution < -0.4 is 5.32 Å². The lowest BCUT2D eigenvalue weighted by Gasteiger charge is -2.10. The van der Waals surface area contributed by atoms with E-state index >= 15 is 0 Å². The van der Waals surface area contributed by atoms with Gasteiger partial charge in [0.1, 0.15) is 6.61 Å². The molecule has 0 saturated carbocycles. The topological polar surface area (TPSA) is 81.7 Å². The van der Waals surface area contributed by atoms with Crippen molar-refractivity contribution >= 4 is 23.9 Å². The summed E-state index contributed by atoms with van der Waals surface area (Å²) in [5.41, 5.74) is 2.16. The third-order valence-corrected chi connectivity index (χ3v) is 3.64. The molecule has 0 fully saturated rings. The predicted molar refractivity (Wildman–Crippen MR) is 101 cm³/mol. The zero-order chi connectivity index (χ0) is 19.6. The standard InChI is InChI=1S/C21H21NO5/c1-3-26-20(24)19(23)18(13-17-12-8-7-9-15(17)2)22-21(25)27-14-16-10-5-4-6-11-16/h4-13H,3,14H2,1-2H3,(H,22,25)/b18-13-. The average molecular weight is 367 g/mol. The molecule has 2 aromatic rings. The smallest absolute Gasteiger partial charge is 0.412 e. The highest BCUT2D eigenvalue weighted by Gasteiger charge is 2.23. The Balaban J connectivity index is 2.16. The van der Waals surface area contributed by atoms with E-state index in [2.05, 4.69) is 5.32 Å². The van der Waals surface area contributed by atoms with Crippen molar-refractivity contribution < 1.29 is 23.9 Å². The van der Waals surface area contributed by atoms with Gasteiger partial charge in [0, 0.05) is 0 Å². The Labute approximate surface area is 157 Å². The Morgan fingerprint density at radius 2 is 1.63 bits per heavy atom. The summed E-state index contributed by atoms with van der Waals surface area (Å²) in [7, 11) is 0. The Hall–Kier alpha value is -3.41. The molecule has 0 aliphatic rings. The van der Waals surface area contributed by atoms with Crippen molar-refractivity contribution in [2.45, 2.75) is 20.5 Å². The summed E-state index contributed by atoms with van der Waals surface area (Å²) in [6.45, 7) is 3.54. The fraction of sp³-hybridized carbons (Fsp3) is 0.190. The highest BCUT2D eigenvalue weighted by atomic mass is 16.5. The summed E-state index contributed by atoms with van der Waals surface area (Å²) in [5, 5.41) is 2.35. The average Bonchev–Trinajstić information content (AvgIpc) is 2.68. The van der Waals surface area contributed by atoms with E-state index in [0.717, 1.165) is 11.1 Å². The van der Waals surface area contributed by atoms with E-state index in [-0.39, 0.29) is 18.9 Å². The molecule has 0 bridgehead atoms. The number of rotatable bonds is 7. The van der Waals surface area contributed by atoms with Gasteiger partial charge in [-0.05, 0) is 36.6 Å². The van der Waals surface area contributed by atoms with Gasteiger partial charge in [0.25, 0.3) is 5.78 Å². The number of benzene rings is 2. The molecule has 0 heterocycles. The second-order valence-electron chi connectivity index (χ2n) is 5.65. The first kappa shape index (κ1) is 19.9. The zero-order valence-corrected chi connectivity index (χ0v) is 15.2. The number of Topliss-reactive ketones (excluding diaryl/α,β-unsaturated/α-hetero) is 1. The first-order chi connectivity index (χ1) is 13.0. The van der Waals surface area contributed by atoms with E-state index in [1.165, 1.54) is 6.08 Å². The van der Waals surface area contributed by atoms with Crippen molar-refractivity contribution in [3.8, 4) is 0 Å². The number of esters is 1. The number of amides is 1. The van der Waals surface area contributed by atoms with E-state index in [4.69, 9.17) is 9.47 Å². The summed E-state index contributed by atoms with van der Waals surface area (Å²) < 4.78 is 9.86. The lowest BCUT2D eigenvalue weighted by atomic mass is 10.1. The molecular formula is C21H21NO5. The molecule has 0 aliphatic carbocycles. The molecule has 0 spiro atoms. The lowest BCUT2D eigenvalue weighted by molar-refractivity contribution is -0.151. The van der Waals surface area contributed by atoms with E-state index in [1.807, 2.05) is 37.3 Å². The maximum atomic E-state index is 12.3. The molecule has 1 amide bonds. The number of alkyl carbamates (subject to hydrolysis) is 1. The third kappa shape index (κ3) is 6.11. The van der Waals surface area contributed by atoms with E-state index in [0.29, 0.717) is 5.56 Å². The zero-order valence-electron chi connectivity index (χ0n) is 15.2. The number of carbonyl (C=O) groups is 3. The highest BCUT2D eigenvalue weighted by molar-refractivity contribution is 6.41. The molecule has 6 heteroatoms. The van der Waals surface area contributed by atoms with Gasteiger partial charge in [-0.25, -0.2) is 9.59 Å². The molecular weight excluding hydrogens is 346 g/mol. The first-order valence-electron chi connectivity index (χ1n) is 8.47. The molecule has 27 heavy (non-hydrogen) atoms. The van der Waals surface area contributed by atoms with Crippen LogP contribution in [0.2, 0.25) is 0 Å². The number of hydrogen-bond acceptors (Lipinski definition) is 5. The predicted octanol–water partition coefficient (Wildman–Crippen LogP) is 3.39. The summed E-state index contributed by atoms with van der Waals surface area (Å²) in [4.78, 5) is 36.3. The van der Waals surface area contributed by atoms with E-state index in [9.17, 15) is 14.4 Å². The minimum Gasteiger partial charge on any atom is -0.460 e. The Morgan fingerprint density at radius 3 is 2.30 bits per heavy atom. The van der Waals surface area contributed by atoms with Gasteiger partial charge < -0.3 is 9.47 Å². The minimum absolute atomic E-state index is 0.0396. The van der Waals surface area contributed by atoms with Crippen LogP contribution in [-0.2, 0) is 25.7 Å². The minimum atomic E-state index is -1.04. The number of ether oxygens (including phenoxy) is 2. The van der Waals surface area contributed by atoms with E-state index in [1.54, 1.807) is 31.2 Å². The van der Waals surface area contributed by atoms with Crippen molar-refractivity contribution in [2.24, 2.45) is 0 Å². The van der Waals surface area contributed by atoms with Crippen LogP contribution in [0, 0.1) is 6.92 Å². The Morgan fingerprint density at radius 1 is 0.963 bits per heavy atom. The van der Waals surface area contributed by atoms with Crippen molar-refractivity contribution in [1.82, 2.24) is 5.32 Å². The number of ketones is 1. The summed E-state index contributed by atoms with van der Waals surface area (Å²) in [6, 6.07) is 16.4. The van der Waals surface area contributed by atoms with Crippen molar-refractivity contribution in [3.63, 3.8) is 0 Å². The molecule has 2 rings (SSSR count). The molecule has 6 nitrogen and oxygen atoms in total. The normalized spacial score (nSPS) is 10.8. The van der Waals surface area contributed by atoms with Crippen molar-refractivity contribution in [1.29, 1.82) is 0 Å². The van der Waals surface area contributed by atoms with Gasteiger partial charge in [0.05, 0.1) is 12.3 Å². The number of nitrogens with one attached hydrogen (secondary N) is 1. The van der Waals surface area contributed by atoms with Crippen LogP contribution in [0.3, 0.4) is 0 Å². The van der Waals surface area contributed by atoms with Crippen LogP contribution in [-0.4, -0.2) is 24.5 Å². The highest BCUT2D eigenvalue weighted by Crippen LogP contribution is 2.12. The maximum absolute atomic E-state index is 12.3. The Kier molecular flexibility index (Phi) is 7.31. The number of carbonyl (C=O) groups excluding carboxylic acids is 3. The SMILES string of the molecule is CCOC(=O)C(=O)/C(=C/c1ccccc1C)NC(=O)OCc1ccccc1. The molecule has 0 unspecified atom stereocenters. The molecule has 1 N–H and O–H groups in total. The van der Waals surface area contributed by atoms with Gasteiger partial charge in [-0.2, -0.15) is 0 Å². The van der Waals surface area contributed by atoms with Crippen LogP contribution in [0.25, 0.3) is 6.08 Å². The molecule has 0 saturated heterocycles. The monoisotopic (exact) mass is 367 g/mol. The maximum Gasteiger partial charge on any atom is 0.412 e. The Bertz CT molecular complexity index is 843. The van der Waals surface area contributed by atoms with Crippen molar-refractivity contribution in [3.05, 3.63) is 77.0 Å². The lowest BCUT2D eigenvalue weighted by Crippen LogP contribution is -2.32. The van der Waals surface area contributed by atoms with Gasteiger partial charge in [0.15, 0.2) is 0 Å². The fourth-order valence-electron chi connectivity index (χ4n) is 2.24. The van der Waals surface area contributed by atoms with Gasteiger partial charge in [-0.1, -0.05) is 54.6 Å². The van der Waals surface area contributed by atoms with Crippen LogP contribution in [0.1, 0.15) is 23.6 Å². The molecule has 0 aromatic heterocycles. The van der Waals surface area contributed by atoms with Crippen LogP contribution >= 0.6 is 0 Å². The summed E-state index contributed by atoms with van der Waals surface area (Å²) in [5.74, 6) is -1.99. The van der Waals surface area contributed by atoms with Gasteiger partial charge in [-0.15, -0.1) is 0 Å². The van der Waals surface area contributed by atoms with Gasteiger partial charge in [-0.3, -0.25) is 10.1 Å². The molecule has 2 aromatic carbocycles. The van der Waals surface area contributed by atoms with Crippen LogP contribution in [0.5, 0.6) is 0 Å². The van der Waals surface area contributed by atoms with Crippen LogP contribution in [0.15, 0.2) is 60.3 Å². The third-order valence-electron chi connectivity index (χ3n) is 3.64. The van der Waals surface area contributed by atoms with Crippen LogP contribution in [0.4, 0.5) is 4.79 Å². The second kappa shape index (κ2) is 9.91. The largest absolute Gasteiger partial charge is 0.460 e. The van der Waals surface area contributed by atoms with E-state index < -0.39 is 17.8 Å². The fourth-order valence-corrected chi connectivity index (χ4v) is 2.24. The quantitative estimate of drug-likeness (QED) is 0.461. The number of hydrogen-bond donors (Lipinski definition) is 1. The first-order valence-corrected chi connectivity index (χ1v) is 8.47. The van der Waals surface area contributed by atoms with Crippen molar-refractivity contribution in [2.75, 3.05) is 6.61 Å². The molecule has 140 valence electrons. The van der Waals surface area contributed by atoms with Gasteiger partial charge in [0.2, 0.25) is 0 Å². The summed E-state index contributed by atoms with van der Waals surface area (Å²) >= 11 is 0. The molecule has 0 aliphatic heterocycles. The molecule has 0 radical (unpaired) electrons.